The van der Waals surface area contributed by atoms with Crippen LogP contribution < -0.4 is 14.8 Å². The number of ether oxygens (including phenoxy) is 2. The highest BCUT2D eigenvalue weighted by Crippen LogP contribution is 2.53. The number of benzene rings is 1. The fourth-order valence-electron chi connectivity index (χ4n) is 5.34. The fraction of sp³-hybridized carbons (Fsp3) is 0.481. The second-order valence-corrected chi connectivity index (χ2v) is 11.1. The molecule has 3 aliphatic rings. The predicted octanol–water partition coefficient (Wildman–Crippen LogP) is 4.55. The second kappa shape index (κ2) is 10.3. The average molecular weight is 563 g/mol. The highest BCUT2D eigenvalue weighted by atomic mass is 35.5. The van der Waals surface area contributed by atoms with E-state index in [1.165, 1.54) is 32.2 Å². The summed E-state index contributed by atoms with van der Waals surface area (Å²) < 4.78 is 44.2. The molecule has 3 aliphatic carbocycles. The number of alkyl halides is 1. The monoisotopic (exact) mass is 562 g/mol. The third kappa shape index (κ3) is 5.69. The number of halogens is 3. The number of aliphatic hydroxyl groups excluding tert-OH is 1. The third-order valence-electron chi connectivity index (χ3n) is 7.59. The van der Waals surface area contributed by atoms with E-state index in [1.807, 2.05) is 0 Å². The van der Waals surface area contributed by atoms with Crippen LogP contribution in [0.3, 0.4) is 0 Å². The van der Waals surface area contributed by atoms with E-state index >= 15 is 0 Å². The molecule has 3 aromatic rings. The van der Waals surface area contributed by atoms with Crippen molar-refractivity contribution >= 4 is 17.5 Å². The Labute approximate surface area is 228 Å². The van der Waals surface area contributed by atoms with Crippen LogP contribution in [0.1, 0.15) is 63.4 Å². The second-order valence-electron chi connectivity index (χ2n) is 10.7. The smallest absolute Gasteiger partial charge is 0.258 e. The van der Waals surface area contributed by atoms with E-state index in [1.54, 1.807) is 12.1 Å². The van der Waals surface area contributed by atoms with E-state index in [9.17, 15) is 18.7 Å². The summed E-state index contributed by atoms with van der Waals surface area (Å²) in [7, 11) is 0. The van der Waals surface area contributed by atoms with Gasteiger partial charge in [-0.3, -0.25) is 9.78 Å². The van der Waals surface area contributed by atoms with Gasteiger partial charge in [0.2, 0.25) is 11.7 Å². The van der Waals surface area contributed by atoms with Crippen molar-refractivity contribution in [3.63, 3.8) is 0 Å². The Bertz CT molecular complexity index is 1340. The van der Waals surface area contributed by atoms with Crippen LogP contribution in [-0.2, 0) is 22.5 Å². The van der Waals surface area contributed by atoms with Crippen molar-refractivity contribution in [2.75, 3.05) is 6.61 Å². The first-order chi connectivity index (χ1) is 18.5. The molecular weight excluding hydrogens is 534 g/mol. The van der Waals surface area contributed by atoms with Crippen LogP contribution in [0.5, 0.6) is 11.5 Å². The molecule has 0 radical (unpaired) electrons. The maximum Gasteiger partial charge on any atom is 0.258 e. The summed E-state index contributed by atoms with van der Waals surface area (Å²) in [6.45, 7) is 2.59. The maximum absolute atomic E-state index is 14.0. The Morgan fingerprint density at radius 1 is 1.21 bits per heavy atom. The molecule has 12 heteroatoms. The van der Waals surface area contributed by atoms with E-state index in [4.69, 9.17) is 25.6 Å². The van der Waals surface area contributed by atoms with Gasteiger partial charge in [-0.05, 0) is 70.2 Å². The Morgan fingerprint density at radius 3 is 2.59 bits per heavy atom. The molecule has 1 atom stereocenters. The minimum absolute atomic E-state index is 0.0211. The summed E-state index contributed by atoms with van der Waals surface area (Å²) in [6.07, 6.45) is 3.28. The van der Waals surface area contributed by atoms with E-state index in [0.29, 0.717) is 55.3 Å². The predicted molar refractivity (Wildman–Crippen MR) is 136 cm³/mol. The third-order valence-corrected chi connectivity index (χ3v) is 7.90. The first-order valence-corrected chi connectivity index (χ1v) is 13.0. The van der Waals surface area contributed by atoms with Gasteiger partial charge in [0.1, 0.15) is 23.0 Å². The maximum atomic E-state index is 14.0. The number of pyridine rings is 1. The van der Waals surface area contributed by atoms with E-state index in [0.717, 1.165) is 6.07 Å². The van der Waals surface area contributed by atoms with Crippen LogP contribution in [0.15, 0.2) is 41.1 Å². The Balaban J connectivity index is 1.16. The summed E-state index contributed by atoms with van der Waals surface area (Å²) >= 11 is 5.67. The number of amides is 1. The molecule has 1 amide bonds. The molecular formula is C27H29ClF2N4O5. The van der Waals surface area contributed by atoms with Crippen molar-refractivity contribution < 1.29 is 32.7 Å². The summed E-state index contributed by atoms with van der Waals surface area (Å²) in [5, 5.41) is 18.1. The lowest BCUT2D eigenvalue weighted by Gasteiger charge is -2.54. The van der Waals surface area contributed by atoms with Crippen molar-refractivity contribution in [1.29, 1.82) is 0 Å². The average Bonchev–Trinajstić information content (AvgIpc) is 3.38. The molecule has 6 rings (SSSR count). The highest BCUT2D eigenvalue weighted by molar-refractivity contribution is 6.30. The van der Waals surface area contributed by atoms with Crippen LogP contribution in [0.25, 0.3) is 0 Å². The zero-order valence-corrected chi connectivity index (χ0v) is 22.3. The number of nitrogens with zero attached hydrogens (tertiary/aromatic N) is 3. The molecule has 2 aromatic heterocycles. The summed E-state index contributed by atoms with van der Waals surface area (Å²) in [4.78, 5) is 21.2. The van der Waals surface area contributed by atoms with Gasteiger partial charge in [-0.2, -0.15) is 4.98 Å². The molecule has 208 valence electrons. The zero-order valence-electron chi connectivity index (χ0n) is 21.5. The number of fused-ring (bicyclic) bond motifs is 3. The zero-order chi connectivity index (χ0) is 27.8. The number of carbonyl (C=O) groups excluding carboxylic acids is 1. The van der Waals surface area contributed by atoms with Gasteiger partial charge in [-0.15, -0.1) is 0 Å². The lowest BCUT2D eigenvalue weighted by Crippen LogP contribution is -2.64. The first kappa shape index (κ1) is 27.3. The number of hydrogen-bond donors (Lipinski definition) is 2. The van der Waals surface area contributed by atoms with E-state index in [2.05, 4.69) is 20.4 Å². The van der Waals surface area contributed by atoms with Gasteiger partial charge in [-0.25, -0.2) is 8.78 Å². The number of carbonyl (C=O) groups is 1. The molecule has 1 aromatic carbocycles. The molecule has 2 heterocycles. The standard InChI is InChI=1S/C27H29ClF2N4O5/c1-25(2,30)20-6-4-17(13-31-20)37-14-22-32-24(39-34-22)27-9-7-26(8-10-27,12-21(27)35)33-23(36)15-38-16-3-5-18(28)19(29)11-16/h3-6,11,13,21,35H,7-10,12,14-15H2,1-2H3,(H,33,36). The quantitative estimate of drug-likeness (QED) is 0.390. The molecule has 1 unspecified atom stereocenters. The lowest BCUT2D eigenvalue weighted by molar-refractivity contribution is -0.129. The number of aromatic nitrogens is 3. The van der Waals surface area contributed by atoms with Gasteiger partial charge in [-0.1, -0.05) is 16.8 Å². The molecule has 0 saturated heterocycles. The molecule has 0 spiro atoms. The molecule has 3 fully saturated rings. The van der Waals surface area contributed by atoms with Gasteiger partial charge in [0.15, 0.2) is 13.2 Å². The number of aliphatic hydroxyl groups is 1. The number of nitrogens with one attached hydrogen (secondary N) is 1. The summed E-state index contributed by atoms with van der Waals surface area (Å²) in [5.41, 5.74) is -2.53. The molecule has 2 N–H and O–H groups in total. The van der Waals surface area contributed by atoms with Crippen molar-refractivity contribution in [3.8, 4) is 11.5 Å². The van der Waals surface area contributed by atoms with Crippen molar-refractivity contribution in [1.82, 2.24) is 20.4 Å². The van der Waals surface area contributed by atoms with Crippen LogP contribution >= 0.6 is 11.6 Å². The van der Waals surface area contributed by atoms with Gasteiger partial charge in [0, 0.05) is 11.6 Å². The highest BCUT2D eigenvalue weighted by Gasteiger charge is 2.58. The molecule has 2 bridgehead atoms. The Morgan fingerprint density at radius 2 is 1.95 bits per heavy atom. The van der Waals surface area contributed by atoms with Gasteiger partial charge in [0.05, 0.1) is 28.4 Å². The van der Waals surface area contributed by atoms with Crippen molar-refractivity contribution in [3.05, 3.63) is 64.8 Å². The molecule has 3 saturated carbocycles. The Hall–Kier alpha value is -3.31. The van der Waals surface area contributed by atoms with Crippen molar-refractivity contribution in [2.24, 2.45) is 0 Å². The van der Waals surface area contributed by atoms with Gasteiger partial charge < -0.3 is 24.4 Å². The minimum Gasteiger partial charge on any atom is -0.484 e. The van der Waals surface area contributed by atoms with Gasteiger partial charge in [0.25, 0.3) is 5.91 Å². The lowest BCUT2D eigenvalue weighted by atomic mass is 9.55. The fourth-order valence-corrected chi connectivity index (χ4v) is 5.45. The SMILES string of the molecule is CC(C)(F)c1ccc(OCc2noc(C34CCC(NC(=O)COc5ccc(Cl)c(F)c5)(CC3)CC4O)n2)cn1. The largest absolute Gasteiger partial charge is 0.484 e. The van der Waals surface area contributed by atoms with E-state index < -0.39 is 28.5 Å². The molecule has 9 nitrogen and oxygen atoms in total. The molecule has 39 heavy (non-hydrogen) atoms. The number of hydrogen-bond acceptors (Lipinski definition) is 8. The summed E-state index contributed by atoms with van der Waals surface area (Å²) in [5.74, 6) is 0.303. The van der Waals surface area contributed by atoms with Crippen LogP contribution in [-0.4, -0.2) is 44.4 Å². The Kier molecular flexibility index (Phi) is 7.23. The topological polar surface area (TPSA) is 120 Å². The minimum atomic E-state index is -1.55. The van der Waals surface area contributed by atoms with Crippen LogP contribution in [0, 0.1) is 5.82 Å². The van der Waals surface area contributed by atoms with E-state index in [-0.39, 0.29) is 29.9 Å². The van der Waals surface area contributed by atoms with Crippen LogP contribution in [0.2, 0.25) is 5.02 Å². The van der Waals surface area contributed by atoms with Gasteiger partial charge >= 0.3 is 0 Å². The molecule has 0 aliphatic heterocycles. The van der Waals surface area contributed by atoms with Crippen molar-refractivity contribution in [2.45, 2.75) is 75.3 Å². The normalized spacial score (nSPS) is 24.4. The number of rotatable bonds is 9. The first-order valence-electron chi connectivity index (χ1n) is 12.7. The van der Waals surface area contributed by atoms with Crippen LogP contribution in [0.4, 0.5) is 8.78 Å². The summed E-state index contributed by atoms with van der Waals surface area (Å²) in [6, 6.07) is 7.16.